The van der Waals surface area contributed by atoms with Gasteiger partial charge in [0.15, 0.2) is 5.82 Å². The van der Waals surface area contributed by atoms with Crippen LogP contribution in [0, 0.1) is 0 Å². The summed E-state index contributed by atoms with van der Waals surface area (Å²) in [6.07, 6.45) is 6.37. The van der Waals surface area contributed by atoms with Gasteiger partial charge in [0.05, 0.1) is 6.20 Å². The van der Waals surface area contributed by atoms with E-state index in [0.29, 0.717) is 12.4 Å². The van der Waals surface area contributed by atoms with E-state index in [-0.39, 0.29) is 0 Å². The number of hydrogen-bond donors (Lipinski definition) is 0. The monoisotopic (exact) mass is 150 g/mol. The van der Waals surface area contributed by atoms with Crippen molar-refractivity contribution in [2.75, 3.05) is 11.4 Å². The molecular weight excluding hydrogens is 142 g/mol. The SMILES string of the molecule is CCN([C]=O)c1cnccn1. The van der Waals surface area contributed by atoms with E-state index in [0.717, 1.165) is 0 Å². The Morgan fingerprint density at radius 3 is 2.91 bits per heavy atom. The summed E-state index contributed by atoms with van der Waals surface area (Å²) in [5.74, 6) is 0.532. The fraction of sp³-hybridized carbons (Fsp3) is 0.286. The minimum Gasteiger partial charge on any atom is -0.287 e. The summed E-state index contributed by atoms with van der Waals surface area (Å²) < 4.78 is 0. The Balaban J connectivity index is 2.82. The minimum atomic E-state index is 0.532. The molecule has 1 heterocycles. The lowest BCUT2D eigenvalue weighted by atomic mass is 10.5. The molecule has 0 fully saturated rings. The predicted molar refractivity (Wildman–Crippen MR) is 40.7 cm³/mol. The second kappa shape index (κ2) is 3.65. The zero-order valence-corrected chi connectivity index (χ0v) is 6.19. The first-order valence-corrected chi connectivity index (χ1v) is 3.29. The fourth-order valence-corrected chi connectivity index (χ4v) is 0.704. The summed E-state index contributed by atoms with van der Waals surface area (Å²) in [5.41, 5.74) is 0. The molecule has 0 atom stereocenters. The standard InChI is InChI=1S/C7H8N3O/c1-2-10(6-11)7-5-8-3-4-9-7/h3-5H,2H2,1H3. The first-order valence-electron chi connectivity index (χ1n) is 3.29. The molecule has 1 amide bonds. The summed E-state index contributed by atoms with van der Waals surface area (Å²) in [4.78, 5) is 19.4. The van der Waals surface area contributed by atoms with Crippen LogP contribution in [-0.4, -0.2) is 22.9 Å². The van der Waals surface area contributed by atoms with Gasteiger partial charge in [0.25, 0.3) is 0 Å². The van der Waals surface area contributed by atoms with E-state index in [1.165, 1.54) is 17.3 Å². The van der Waals surface area contributed by atoms with Crippen LogP contribution in [0.1, 0.15) is 6.92 Å². The van der Waals surface area contributed by atoms with Crippen LogP contribution in [0.2, 0.25) is 0 Å². The Labute approximate surface area is 64.9 Å². The van der Waals surface area contributed by atoms with Crippen LogP contribution in [0.4, 0.5) is 5.82 Å². The highest BCUT2D eigenvalue weighted by Gasteiger charge is 2.02. The van der Waals surface area contributed by atoms with Crippen molar-refractivity contribution in [2.45, 2.75) is 6.92 Å². The molecule has 4 heteroatoms. The van der Waals surface area contributed by atoms with Crippen molar-refractivity contribution in [3.05, 3.63) is 18.6 Å². The van der Waals surface area contributed by atoms with E-state index in [4.69, 9.17) is 0 Å². The third-order valence-corrected chi connectivity index (χ3v) is 1.25. The van der Waals surface area contributed by atoms with Crippen LogP contribution in [0.3, 0.4) is 0 Å². The molecule has 0 aliphatic rings. The first-order chi connectivity index (χ1) is 5.38. The number of anilines is 1. The van der Waals surface area contributed by atoms with Gasteiger partial charge < -0.3 is 0 Å². The summed E-state index contributed by atoms with van der Waals surface area (Å²) in [5, 5.41) is 0. The third-order valence-electron chi connectivity index (χ3n) is 1.25. The first kappa shape index (κ1) is 7.65. The molecule has 1 radical (unpaired) electrons. The molecule has 0 aliphatic carbocycles. The van der Waals surface area contributed by atoms with Gasteiger partial charge in [-0.25, -0.2) is 4.98 Å². The topological polar surface area (TPSA) is 46.1 Å². The number of hydrogen-bond acceptors (Lipinski definition) is 3. The zero-order valence-electron chi connectivity index (χ0n) is 6.19. The van der Waals surface area contributed by atoms with Gasteiger partial charge in [0.2, 0.25) is 0 Å². The molecule has 0 aliphatic heterocycles. The van der Waals surface area contributed by atoms with E-state index in [1.807, 2.05) is 6.92 Å². The van der Waals surface area contributed by atoms with Crippen molar-refractivity contribution in [2.24, 2.45) is 0 Å². The molecule has 11 heavy (non-hydrogen) atoms. The van der Waals surface area contributed by atoms with Gasteiger partial charge in [-0.1, -0.05) is 0 Å². The smallest absolute Gasteiger partial charge is 0.287 e. The van der Waals surface area contributed by atoms with Gasteiger partial charge >= 0.3 is 6.41 Å². The molecule has 0 spiro atoms. The lowest BCUT2D eigenvalue weighted by Crippen LogP contribution is -2.21. The maximum atomic E-state index is 10.3. The largest absolute Gasteiger partial charge is 0.318 e. The Morgan fingerprint density at radius 1 is 1.64 bits per heavy atom. The summed E-state index contributed by atoms with van der Waals surface area (Å²) in [6, 6.07) is 0. The highest BCUT2D eigenvalue weighted by molar-refractivity contribution is 5.72. The number of amides is 1. The van der Waals surface area contributed by atoms with Gasteiger partial charge in [-0.3, -0.25) is 14.7 Å². The second-order valence-corrected chi connectivity index (χ2v) is 1.90. The van der Waals surface area contributed by atoms with E-state index in [9.17, 15) is 4.79 Å². The van der Waals surface area contributed by atoms with Crippen molar-refractivity contribution in [3.8, 4) is 0 Å². The Bertz CT molecular complexity index is 224. The van der Waals surface area contributed by atoms with Gasteiger partial charge in [-0.05, 0) is 6.92 Å². The number of carbonyl (C=O) groups excluding carboxylic acids is 1. The molecule has 1 rings (SSSR count). The maximum Gasteiger partial charge on any atom is 0.318 e. The zero-order chi connectivity index (χ0) is 8.10. The van der Waals surface area contributed by atoms with E-state index >= 15 is 0 Å². The summed E-state index contributed by atoms with van der Waals surface area (Å²) in [7, 11) is 0. The lowest BCUT2D eigenvalue weighted by Gasteiger charge is -2.10. The molecule has 4 nitrogen and oxygen atoms in total. The molecular formula is C7H8N3O. The van der Waals surface area contributed by atoms with Crippen LogP contribution in [0.5, 0.6) is 0 Å². The average Bonchev–Trinajstić information content (AvgIpc) is 2.09. The Morgan fingerprint density at radius 2 is 2.45 bits per heavy atom. The van der Waals surface area contributed by atoms with Crippen molar-refractivity contribution >= 4 is 12.2 Å². The number of aromatic nitrogens is 2. The van der Waals surface area contributed by atoms with E-state index < -0.39 is 0 Å². The van der Waals surface area contributed by atoms with Crippen LogP contribution in [0.25, 0.3) is 0 Å². The summed E-state index contributed by atoms with van der Waals surface area (Å²) in [6.45, 7) is 2.40. The highest BCUT2D eigenvalue weighted by atomic mass is 16.1. The van der Waals surface area contributed by atoms with Crippen LogP contribution in [-0.2, 0) is 4.79 Å². The van der Waals surface area contributed by atoms with Crippen LogP contribution >= 0.6 is 0 Å². The lowest BCUT2D eigenvalue weighted by molar-refractivity contribution is 0.551. The number of rotatable bonds is 3. The Kier molecular flexibility index (Phi) is 2.54. The fourth-order valence-electron chi connectivity index (χ4n) is 0.704. The van der Waals surface area contributed by atoms with Crippen LogP contribution in [0.15, 0.2) is 18.6 Å². The normalized spacial score (nSPS) is 9.18. The average molecular weight is 150 g/mol. The molecule has 0 bridgehead atoms. The Hall–Kier alpha value is -1.45. The molecule has 0 saturated heterocycles. The quantitative estimate of drug-likeness (QED) is 0.585. The predicted octanol–water partition coefficient (Wildman–Crippen LogP) is 0.370. The highest BCUT2D eigenvalue weighted by Crippen LogP contribution is 2.02. The molecule has 57 valence electrons. The third kappa shape index (κ3) is 1.73. The minimum absolute atomic E-state index is 0.532. The second-order valence-electron chi connectivity index (χ2n) is 1.90. The van der Waals surface area contributed by atoms with E-state index in [1.54, 1.807) is 12.6 Å². The van der Waals surface area contributed by atoms with Crippen molar-refractivity contribution < 1.29 is 4.79 Å². The van der Waals surface area contributed by atoms with Gasteiger partial charge in [-0.15, -0.1) is 0 Å². The van der Waals surface area contributed by atoms with Crippen molar-refractivity contribution in [1.82, 2.24) is 9.97 Å². The van der Waals surface area contributed by atoms with Crippen molar-refractivity contribution in [3.63, 3.8) is 0 Å². The van der Waals surface area contributed by atoms with Gasteiger partial charge in [0, 0.05) is 18.9 Å². The molecule has 1 aromatic heterocycles. The maximum absolute atomic E-state index is 10.3. The summed E-state index contributed by atoms with van der Waals surface area (Å²) >= 11 is 0. The van der Waals surface area contributed by atoms with Gasteiger partial charge in [-0.2, -0.15) is 0 Å². The van der Waals surface area contributed by atoms with E-state index in [2.05, 4.69) is 9.97 Å². The molecule has 1 aromatic rings. The molecule has 0 N–H and O–H groups in total. The van der Waals surface area contributed by atoms with Crippen molar-refractivity contribution in [1.29, 1.82) is 0 Å². The molecule has 0 aromatic carbocycles. The van der Waals surface area contributed by atoms with Gasteiger partial charge in [0.1, 0.15) is 0 Å². The molecule has 0 unspecified atom stereocenters. The van der Waals surface area contributed by atoms with Crippen LogP contribution < -0.4 is 4.90 Å². The molecule has 0 saturated carbocycles. The number of nitrogens with zero attached hydrogens (tertiary/aromatic N) is 3.